The number of benzene rings is 1. The third-order valence-corrected chi connectivity index (χ3v) is 2.98. The molecule has 6 nitrogen and oxygen atoms in total. The van der Waals surface area contributed by atoms with Crippen LogP contribution >= 0.6 is 11.6 Å². The Kier molecular flexibility index (Phi) is 3.57. The van der Waals surface area contributed by atoms with Crippen molar-refractivity contribution in [2.24, 2.45) is 0 Å². The van der Waals surface area contributed by atoms with Crippen LogP contribution in [-0.2, 0) is 0 Å². The van der Waals surface area contributed by atoms with Crippen LogP contribution in [0.5, 0.6) is 11.6 Å². The first-order valence-electron chi connectivity index (χ1n) is 6.25. The second-order valence-corrected chi connectivity index (χ2v) is 4.57. The fraction of sp³-hybridized carbons (Fsp3) is 0.154. The van der Waals surface area contributed by atoms with Gasteiger partial charge in [-0.3, -0.25) is 0 Å². The van der Waals surface area contributed by atoms with Gasteiger partial charge in [-0.1, -0.05) is 11.6 Å². The van der Waals surface area contributed by atoms with Gasteiger partial charge in [-0.2, -0.15) is 9.97 Å². The van der Waals surface area contributed by atoms with E-state index in [0.29, 0.717) is 29.4 Å². The van der Waals surface area contributed by atoms with E-state index in [0.717, 1.165) is 0 Å². The van der Waals surface area contributed by atoms with E-state index >= 15 is 0 Å². The summed E-state index contributed by atoms with van der Waals surface area (Å²) in [6.07, 6.45) is 1.50. The second-order valence-electron chi connectivity index (χ2n) is 4.16. The first kappa shape index (κ1) is 13.6. The number of ether oxygens (including phenoxy) is 1. The SMILES string of the molecule is CCNc1nc(Oc2ccc(F)c(Cl)c2)c2[nH]cnc2n1. The molecule has 2 heterocycles. The highest BCUT2D eigenvalue weighted by Gasteiger charge is 2.12. The largest absolute Gasteiger partial charge is 0.437 e. The number of H-pyrrole nitrogens is 1. The summed E-state index contributed by atoms with van der Waals surface area (Å²) in [5.74, 6) is 0.557. The summed E-state index contributed by atoms with van der Waals surface area (Å²) in [5, 5.41) is 2.97. The van der Waals surface area contributed by atoms with Gasteiger partial charge in [0, 0.05) is 12.6 Å². The molecule has 3 aromatic rings. The van der Waals surface area contributed by atoms with Crippen LogP contribution in [0.4, 0.5) is 10.3 Å². The molecule has 108 valence electrons. The standard InChI is InChI=1S/C13H11ClFN5O/c1-2-16-13-19-11-10(17-6-18-11)12(20-13)21-7-3-4-9(15)8(14)5-7/h3-6H,2H2,1H3,(H2,16,17,18,19,20). The van der Waals surface area contributed by atoms with Crippen molar-refractivity contribution in [3.8, 4) is 11.6 Å². The average Bonchev–Trinajstić information content (AvgIpc) is 2.92. The molecule has 1 aromatic carbocycles. The van der Waals surface area contributed by atoms with Gasteiger partial charge in [0.2, 0.25) is 5.95 Å². The minimum absolute atomic E-state index is 0.0192. The van der Waals surface area contributed by atoms with Crippen molar-refractivity contribution in [2.45, 2.75) is 6.92 Å². The maximum atomic E-state index is 13.2. The molecule has 2 aromatic heterocycles. The van der Waals surface area contributed by atoms with Gasteiger partial charge in [-0.25, -0.2) is 9.37 Å². The molecule has 2 N–H and O–H groups in total. The summed E-state index contributed by atoms with van der Waals surface area (Å²) in [6.45, 7) is 2.59. The topological polar surface area (TPSA) is 75.7 Å². The molecule has 3 rings (SSSR count). The predicted molar refractivity (Wildman–Crippen MR) is 77.3 cm³/mol. The summed E-state index contributed by atoms with van der Waals surface area (Å²) >= 11 is 5.74. The molecule has 0 unspecified atom stereocenters. The highest BCUT2D eigenvalue weighted by Crippen LogP contribution is 2.29. The average molecular weight is 308 g/mol. The first-order valence-corrected chi connectivity index (χ1v) is 6.63. The van der Waals surface area contributed by atoms with Crippen molar-refractivity contribution in [1.82, 2.24) is 19.9 Å². The molecule has 0 saturated carbocycles. The van der Waals surface area contributed by atoms with E-state index < -0.39 is 5.82 Å². The number of rotatable bonds is 4. The quantitative estimate of drug-likeness (QED) is 0.773. The van der Waals surface area contributed by atoms with Crippen LogP contribution in [0.15, 0.2) is 24.5 Å². The highest BCUT2D eigenvalue weighted by molar-refractivity contribution is 6.30. The number of hydrogen-bond donors (Lipinski definition) is 2. The molecule has 21 heavy (non-hydrogen) atoms. The Bertz CT molecular complexity index is 791. The lowest BCUT2D eigenvalue weighted by Gasteiger charge is -2.08. The van der Waals surface area contributed by atoms with Gasteiger partial charge < -0.3 is 15.0 Å². The molecular weight excluding hydrogens is 297 g/mol. The Morgan fingerprint density at radius 3 is 3.00 bits per heavy atom. The van der Waals surface area contributed by atoms with E-state index in [2.05, 4.69) is 25.3 Å². The van der Waals surface area contributed by atoms with E-state index in [4.69, 9.17) is 16.3 Å². The minimum Gasteiger partial charge on any atom is -0.437 e. The fourth-order valence-electron chi connectivity index (χ4n) is 1.77. The van der Waals surface area contributed by atoms with Crippen LogP contribution in [0, 0.1) is 5.82 Å². The first-order chi connectivity index (χ1) is 10.2. The van der Waals surface area contributed by atoms with E-state index in [1.807, 2.05) is 6.92 Å². The van der Waals surface area contributed by atoms with Crippen molar-refractivity contribution in [2.75, 3.05) is 11.9 Å². The summed E-state index contributed by atoms with van der Waals surface area (Å²) in [5.41, 5.74) is 1.03. The third-order valence-electron chi connectivity index (χ3n) is 2.69. The van der Waals surface area contributed by atoms with Gasteiger partial charge in [0.1, 0.15) is 17.1 Å². The summed E-state index contributed by atoms with van der Waals surface area (Å²) in [6, 6.07) is 4.08. The zero-order chi connectivity index (χ0) is 14.8. The summed E-state index contributed by atoms with van der Waals surface area (Å²) in [4.78, 5) is 15.5. The van der Waals surface area contributed by atoms with Gasteiger partial charge in [0.15, 0.2) is 5.65 Å². The Morgan fingerprint density at radius 2 is 2.24 bits per heavy atom. The molecule has 0 atom stereocenters. The number of halogens is 2. The normalized spacial score (nSPS) is 10.8. The van der Waals surface area contributed by atoms with Crippen LogP contribution in [-0.4, -0.2) is 26.5 Å². The maximum Gasteiger partial charge on any atom is 0.250 e. The van der Waals surface area contributed by atoms with Crippen molar-refractivity contribution in [3.63, 3.8) is 0 Å². The molecule has 8 heteroatoms. The highest BCUT2D eigenvalue weighted by atomic mass is 35.5. The van der Waals surface area contributed by atoms with E-state index in [1.165, 1.54) is 24.5 Å². The molecule has 0 aliphatic carbocycles. The Hall–Kier alpha value is -2.41. The molecule has 0 saturated heterocycles. The van der Waals surface area contributed by atoms with Crippen molar-refractivity contribution < 1.29 is 9.13 Å². The number of imidazole rings is 1. The zero-order valence-electron chi connectivity index (χ0n) is 11.0. The Labute approximate surface area is 124 Å². The number of aromatic nitrogens is 4. The van der Waals surface area contributed by atoms with Crippen molar-refractivity contribution in [1.29, 1.82) is 0 Å². The number of nitrogens with one attached hydrogen (secondary N) is 2. The van der Waals surface area contributed by atoms with Crippen LogP contribution in [0.25, 0.3) is 11.2 Å². The molecule has 0 radical (unpaired) electrons. The molecule has 0 spiro atoms. The van der Waals surface area contributed by atoms with Gasteiger partial charge in [0.05, 0.1) is 11.3 Å². The Morgan fingerprint density at radius 1 is 1.38 bits per heavy atom. The number of nitrogens with zero attached hydrogens (tertiary/aromatic N) is 3. The lowest BCUT2D eigenvalue weighted by atomic mass is 10.3. The Balaban J connectivity index is 2.01. The summed E-state index contributed by atoms with van der Waals surface area (Å²) < 4.78 is 18.8. The monoisotopic (exact) mass is 307 g/mol. The maximum absolute atomic E-state index is 13.2. The molecular formula is C13H11ClFN5O. The van der Waals surface area contributed by atoms with Gasteiger partial charge in [-0.15, -0.1) is 0 Å². The number of hydrogen-bond acceptors (Lipinski definition) is 5. The molecule has 0 amide bonds. The second kappa shape index (κ2) is 5.53. The van der Waals surface area contributed by atoms with Crippen molar-refractivity contribution in [3.05, 3.63) is 35.4 Å². The molecule has 0 aliphatic heterocycles. The van der Waals surface area contributed by atoms with Crippen LogP contribution in [0.3, 0.4) is 0 Å². The molecule has 0 fully saturated rings. The van der Waals surface area contributed by atoms with Crippen LogP contribution in [0.2, 0.25) is 5.02 Å². The third kappa shape index (κ3) is 2.73. The van der Waals surface area contributed by atoms with E-state index in [9.17, 15) is 4.39 Å². The van der Waals surface area contributed by atoms with Gasteiger partial charge >= 0.3 is 0 Å². The zero-order valence-corrected chi connectivity index (χ0v) is 11.8. The van der Waals surface area contributed by atoms with E-state index in [-0.39, 0.29) is 10.9 Å². The number of fused-ring (bicyclic) bond motifs is 1. The number of aromatic amines is 1. The van der Waals surface area contributed by atoms with E-state index in [1.54, 1.807) is 0 Å². The number of anilines is 1. The van der Waals surface area contributed by atoms with Gasteiger partial charge in [-0.05, 0) is 19.1 Å². The minimum atomic E-state index is -0.508. The van der Waals surface area contributed by atoms with Crippen LogP contribution < -0.4 is 10.1 Å². The smallest absolute Gasteiger partial charge is 0.250 e. The molecule has 0 aliphatic rings. The predicted octanol–water partition coefficient (Wildman–Crippen LogP) is 3.37. The van der Waals surface area contributed by atoms with Crippen molar-refractivity contribution >= 4 is 28.7 Å². The lowest BCUT2D eigenvalue weighted by molar-refractivity contribution is 0.466. The van der Waals surface area contributed by atoms with Gasteiger partial charge in [0.25, 0.3) is 5.88 Å². The summed E-state index contributed by atoms with van der Waals surface area (Å²) in [7, 11) is 0. The fourth-order valence-corrected chi connectivity index (χ4v) is 1.94. The molecule has 0 bridgehead atoms. The van der Waals surface area contributed by atoms with Crippen LogP contribution in [0.1, 0.15) is 6.92 Å². The lowest BCUT2D eigenvalue weighted by Crippen LogP contribution is -2.03.